The third kappa shape index (κ3) is 3.50. The number of carbonyl (C=O) groups excluding carboxylic acids is 1. The Morgan fingerprint density at radius 2 is 2.00 bits per heavy atom. The first-order valence-corrected chi connectivity index (χ1v) is 8.37. The van der Waals surface area contributed by atoms with Crippen LogP contribution in [0.25, 0.3) is 0 Å². The molecule has 0 aliphatic rings. The Morgan fingerprint density at radius 1 is 1.27 bits per heavy atom. The van der Waals surface area contributed by atoms with Gasteiger partial charge in [-0.3, -0.25) is 4.79 Å². The van der Waals surface area contributed by atoms with E-state index in [0.717, 1.165) is 11.3 Å². The van der Waals surface area contributed by atoms with Gasteiger partial charge in [0.25, 0.3) is 0 Å². The Morgan fingerprint density at radius 3 is 2.64 bits per heavy atom. The van der Waals surface area contributed by atoms with Crippen LogP contribution in [0.1, 0.15) is 25.6 Å². The highest BCUT2D eigenvalue weighted by Crippen LogP contribution is 2.22. The molecule has 0 saturated carbocycles. The molecule has 1 aromatic heterocycles. The van der Waals surface area contributed by atoms with Crippen LogP contribution < -0.4 is 10.5 Å². The normalized spacial score (nSPS) is 11.3. The van der Waals surface area contributed by atoms with Crippen molar-refractivity contribution in [3.63, 3.8) is 0 Å². The van der Waals surface area contributed by atoms with Gasteiger partial charge < -0.3 is 10.8 Å². The van der Waals surface area contributed by atoms with Gasteiger partial charge in [0.05, 0.1) is 0 Å². The first kappa shape index (κ1) is 16.1. The number of carboxylic acids is 1. The van der Waals surface area contributed by atoms with Crippen molar-refractivity contribution in [2.24, 2.45) is 5.73 Å². The van der Waals surface area contributed by atoms with Gasteiger partial charge in [0.1, 0.15) is 9.77 Å². The second kappa shape index (κ2) is 6.26. The highest BCUT2D eigenvalue weighted by atomic mass is 32.2. The van der Waals surface area contributed by atoms with Gasteiger partial charge in [-0.1, -0.05) is 12.1 Å². The number of benzene rings is 1. The third-order valence-electron chi connectivity index (χ3n) is 2.79. The molecule has 0 fully saturated rings. The molecule has 4 N–H and O–H groups in total. The van der Waals surface area contributed by atoms with Gasteiger partial charge in [-0.05, 0) is 29.1 Å². The molecule has 9 heteroatoms. The van der Waals surface area contributed by atoms with Gasteiger partial charge in [-0.25, -0.2) is 17.9 Å². The highest BCUT2D eigenvalue weighted by molar-refractivity contribution is 7.89. The molecule has 2 rings (SSSR count). The maximum atomic E-state index is 12.2. The van der Waals surface area contributed by atoms with E-state index < -0.39 is 21.9 Å². The molecule has 116 valence electrons. The predicted octanol–water partition coefficient (Wildman–Crippen LogP) is 1.02. The second-order valence-electron chi connectivity index (χ2n) is 4.31. The van der Waals surface area contributed by atoms with E-state index in [0.29, 0.717) is 5.56 Å². The van der Waals surface area contributed by atoms with Gasteiger partial charge in [0.15, 0.2) is 0 Å². The molecule has 0 bridgehead atoms. The first-order chi connectivity index (χ1) is 10.3. The zero-order valence-electron chi connectivity index (χ0n) is 11.1. The molecule has 1 heterocycles. The van der Waals surface area contributed by atoms with Crippen molar-refractivity contribution in [3.8, 4) is 0 Å². The third-order valence-corrected chi connectivity index (χ3v) is 5.27. The molecule has 2 aromatic rings. The topological polar surface area (TPSA) is 127 Å². The van der Waals surface area contributed by atoms with E-state index in [1.807, 2.05) is 0 Å². The SMILES string of the molecule is NC(=O)c1cccc(CNS(=O)(=O)c2ccsc2C(=O)O)c1. The highest BCUT2D eigenvalue weighted by Gasteiger charge is 2.23. The molecule has 0 unspecified atom stereocenters. The summed E-state index contributed by atoms with van der Waals surface area (Å²) in [7, 11) is -3.96. The van der Waals surface area contributed by atoms with E-state index in [2.05, 4.69) is 4.72 Å². The number of amides is 1. The molecule has 0 atom stereocenters. The van der Waals surface area contributed by atoms with Crippen molar-refractivity contribution < 1.29 is 23.1 Å². The van der Waals surface area contributed by atoms with Gasteiger partial charge in [0.2, 0.25) is 15.9 Å². The number of nitrogens with two attached hydrogens (primary N) is 1. The average Bonchev–Trinajstić information content (AvgIpc) is 2.96. The summed E-state index contributed by atoms with van der Waals surface area (Å²) in [5.74, 6) is -1.91. The molecule has 0 aliphatic carbocycles. The first-order valence-electron chi connectivity index (χ1n) is 6.00. The van der Waals surface area contributed by atoms with Crippen LogP contribution in [0.3, 0.4) is 0 Å². The fourth-order valence-electron chi connectivity index (χ4n) is 1.76. The quantitative estimate of drug-likeness (QED) is 0.724. The number of carboxylic acid groups (broad SMARTS) is 1. The fraction of sp³-hybridized carbons (Fsp3) is 0.0769. The van der Waals surface area contributed by atoms with Crippen molar-refractivity contribution in [2.75, 3.05) is 0 Å². The van der Waals surface area contributed by atoms with Crippen LogP contribution in [0.5, 0.6) is 0 Å². The summed E-state index contributed by atoms with van der Waals surface area (Å²) in [6.07, 6.45) is 0. The number of hydrogen-bond donors (Lipinski definition) is 3. The summed E-state index contributed by atoms with van der Waals surface area (Å²) in [6, 6.07) is 7.42. The van der Waals surface area contributed by atoms with Crippen LogP contribution in [0, 0.1) is 0 Å². The zero-order chi connectivity index (χ0) is 16.3. The summed E-state index contributed by atoms with van der Waals surface area (Å²) >= 11 is 0.833. The maximum Gasteiger partial charge on any atom is 0.347 e. The number of primary amides is 1. The van der Waals surface area contributed by atoms with Crippen molar-refractivity contribution in [2.45, 2.75) is 11.4 Å². The van der Waals surface area contributed by atoms with Crippen LogP contribution in [0.15, 0.2) is 40.6 Å². The van der Waals surface area contributed by atoms with Crippen LogP contribution in [0.4, 0.5) is 0 Å². The molecule has 0 saturated heterocycles. The maximum absolute atomic E-state index is 12.2. The predicted molar refractivity (Wildman–Crippen MR) is 80.3 cm³/mol. The van der Waals surface area contributed by atoms with Crippen molar-refractivity contribution in [1.82, 2.24) is 4.72 Å². The van der Waals surface area contributed by atoms with E-state index in [4.69, 9.17) is 10.8 Å². The summed E-state index contributed by atoms with van der Waals surface area (Å²) in [5, 5.41) is 10.4. The lowest BCUT2D eigenvalue weighted by Crippen LogP contribution is -2.24. The molecule has 7 nitrogen and oxygen atoms in total. The fourth-order valence-corrected chi connectivity index (χ4v) is 4.03. The van der Waals surface area contributed by atoms with Gasteiger partial charge in [-0.15, -0.1) is 11.3 Å². The number of thiophene rings is 1. The molecular formula is C13H12N2O5S2. The van der Waals surface area contributed by atoms with Crippen LogP contribution in [-0.4, -0.2) is 25.4 Å². The largest absolute Gasteiger partial charge is 0.477 e. The lowest BCUT2D eigenvalue weighted by Gasteiger charge is -2.07. The summed E-state index contributed by atoms with van der Waals surface area (Å²) in [4.78, 5) is 21.5. The van der Waals surface area contributed by atoms with Crippen molar-refractivity contribution in [1.29, 1.82) is 0 Å². The van der Waals surface area contributed by atoms with E-state index in [1.165, 1.54) is 23.6 Å². The van der Waals surface area contributed by atoms with E-state index in [1.54, 1.807) is 12.1 Å². The molecule has 22 heavy (non-hydrogen) atoms. The lowest BCUT2D eigenvalue weighted by atomic mass is 10.1. The Bertz CT molecular complexity index is 826. The molecule has 0 radical (unpaired) electrons. The Hall–Kier alpha value is -2.23. The monoisotopic (exact) mass is 340 g/mol. The number of aromatic carboxylic acids is 1. The van der Waals surface area contributed by atoms with Crippen LogP contribution in [-0.2, 0) is 16.6 Å². The minimum absolute atomic E-state index is 0.0850. The standard InChI is InChI=1S/C13H12N2O5S2/c14-12(16)9-3-1-2-8(6-9)7-15-22(19,20)10-4-5-21-11(10)13(17)18/h1-6,15H,7H2,(H2,14,16)(H,17,18). The zero-order valence-corrected chi connectivity index (χ0v) is 12.8. The van der Waals surface area contributed by atoms with Crippen LogP contribution in [0.2, 0.25) is 0 Å². The van der Waals surface area contributed by atoms with Crippen molar-refractivity contribution >= 4 is 33.2 Å². The summed E-state index contributed by atoms with van der Waals surface area (Å²) in [6.45, 7) is -0.0850. The number of carbonyl (C=O) groups is 2. The van der Waals surface area contributed by atoms with Crippen LogP contribution >= 0.6 is 11.3 Å². The molecule has 0 aliphatic heterocycles. The van der Waals surface area contributed by atoms with E-state index >= 15 is 0 Å². The molecule has 0 spiro atoms. The Balaban J connectivity index is 2.20. The number of nitrogens with one attached hydrogen (secondary N) is 1. The van der Waals surface area contributed by atoms with Gasteiger partial charge >= 0.3 is 5.97 Å². The van der Waals surface area contributed by atoms with E-state index in [9.17, 15) is 18.0 Å². The molecular weight excluding hydrogens is 328 g/mol. The summed E-state index contributed by atoms with van der Waals surface area (Å²) < 4.78 is 26.6. The minimum Gasteiger partial charge on any atom is -0.477 e. The van der Waals surface area contributed by atoms with Gasteiger partial charge in [0, 0.05) is 12.1 Å². The van der Waals surface area contributed by atoms with Gasteiger partial charge in [-0.2, -0.15) is 0 Å². The minimum atomic E-state index is -3.96. The second-order valence-corrected chi connectivity index (χ2v) is 6.96. The number of rotatable bonds is 6. The number of sulfonamides is 1. The number of hydrogen-bond acceptors (Lipinski definition) is 5. The Kier molecular flexibility index (Phi) is 4.59. The molecule has 1 aromatic carbocycles. The average molecular weight is 340 g/mol. The van der Waals surface area contributed by atoms with Crippen molar-refractivity contribution in [3.05, 3.63) is 51.7 Å². The van der Waals surface area contributed by atoms with E-state index in [-0.39, 0.29) is 21.9 Å². The Labute approximate surface area is 130 Å². The molecule has 1 amide bonds. The smallest absolute Gasteiger partial charge is 0.347 e. The lowest BCUT2D eigenvalue weighted by molar-refractivity contribution is 0.0698. The summed E-state index contributed by atoms with van der Waals surface area (Å²) in [5.41, 5.74) is 5.95.